The highest BCUT2D eigenvalue weighted by Gasteiger charge is 2.05. The van der Waals surface area contributed by atoms with Crippen LogP contribution in [0.1, 0.15) is 34.0 Å². The summed E-state index contributed by atoms with van der Waals surface area (Å²) >= 11 is 1.85. The van der Waals surface area contributed by atoms with E-state index in [4.69, 9.17) is 10.5 Å². The van der Waals surface area contributed by atoms with Crippen LogP contribution in [-0.4, -0.2) is 12.6 Å². The summed E-state index contributed by atoms with van der Waals surface area (Å²) in [6.07, 6.45) is 0. The summed E-state index contributed by atoms with van der Waals surface area (Å²) < 4.78 is 4.97. The van der Waals surface area contributed by atoms with Crippen LogP contribution in [0.5, 0.6) is 0 Å². The standard InChI is InChI=1S/C18H21NO2S/c1-2-21-18(20)17-8-6-14(7-9-17)12-22-13-16-5-3-4-15(10-16)11-19/h3-10H,2,11-13,19H2,1H3. The number of thioether (sulfide) groups is 1. The van der Waals surface area contributed by atoms with E-state index in [1.54, 1.807) is 0 Å². The van der Waals surface area contributed by atoms with Gasteiger partial charge in [0.05, 0.1) is 12.2 Å². The molecule has 0 atom stereocenters. The molecule has 3 nitrogen and oxygen atoms in total. The number of rotatable bonds is 7. The first-order chi connectivity index (χ1) is 10.7. The highest BCUT2D eigenvalue weighted by atomic mass is 32.2. The highest BCUT2D eigenvalue weighted by molar-refractivity contribution is 7.97. The number of hydrogen-bond acceptors (Lipinski definition) is 4. The van der Waals surface area contributed by atoms with Crippen LogP contribution < -0.4 is 5.73 Å². The lowest BCUT2D eigenvalue weighted by Crippen LogP contribution is -2.04. The van der Waals surface area contributed by atoms with Gasteiger partial charge in [0.1, 0.15) is 0 Å². The van der Waals surface area contributed by atoms with Crippen LogP contribution in [0, 0.1) is 0 Å². The molecule has 2 aromatic carbocycles. The number of nitrogens with two attached hydrogens (primary N) is 1. The lowest BCUT2D eigenvalue weighted by atomic mass is 10.1. The summed E-state index contributed by atoms with van der Waals surface area (Å²) in [5.74, 6) is 1.60. The molecule has 0 spiro atoms. The molecule has 0 fully saturated rings. The van der Waals surface area contributed by atoms with Crippen molar-refractivity contribution in [3.05, 3.63) is 70.8 Å². The maximum absolute atomic E-state index is 11.6. The first-order valence-corrected chi connectivity index (χ1v) is 8.50. The molecular formula is C18H21NO2S. The zero-order valence-corrected chi connectivity index (χ0v) is 13.6. The minimum atomic E-state index is -0.264. The summed E-state index contributed by atoms with van der Waals surface area (Å²) in [5, 5.41) is 0. The second kappa shape index (κ2) is 8.61. The van der Waals surface area contributed by atoms with Crippen LogP contribution in [0.4, 0.5) is 0 Å². The molecule has 0 amide bonds. The van der Waals surface area contributed by atoms with Crippen LogP contribution in [-0.2, 0) is 22.8 Å². The molecule has 4 heteroatoms. The summed E-state index contributed by atoms with van der Waals surface area (Å²) in [5.41, 5.74) is 9.91. The third kappa shape index (κ3) is 4.90. The maximum Gasteiger partial charge on any atom is 0.338 e. The number of hydrogen-bond donors (Lipinski definition) is 1. The van der Waals surface area contributed by atoms with Gasteiger partial charge in [0.2, 0.25) is 0 Å². The van der Waals surface area contributed by atoms with Crippen LogP contribution in [0.3, 0.4) is 0 Å². The van der Waals surface area contributed by atoms with Gasteiger partial charge in [0, 0.05) is 18.1 Å². The van der Waals surface area contributed by atoms with Crippen molar-refractivity contribution in [3.8, 4) is 0 Å². The van der Waals surface area contributed by atoms with Crippen LogP contribution in [0.25, 0.3) is 0 Å². The SMILES string of the molecule is CCOC(=O)c1ccc(CSCc2cccc(CN)c2)cc1. The lowest BCUT2D eigenvalue weighted by molar-refractivity contribution is 0.0526. The molecule has 2 rings (SSSR count). The van der Waals surface area contributed by atoms with Crippen molar-refractivity contribution in [2.24, 2.45) is 5.73 Å². The average Bonchev–Trinajstić information content (AvgIpc) is 2.56. The second-order valence-corrected chi connectivity index (χ2v) is 5.92. The largest absolute Gasteiger partial charge is 0.462 e. The topological polar surface area (TPSA) is 52.3 Å². The van der Waals surface area contributed by atoms with Gasteiger partial charge in [-0.15, -0.1) is 0 Å². The third-order valence-corrected chi connectivity index (χ3v) is 4.30. The Morgan fingerprint density at radius 2 is 1.73 bits per heavy atom. The van der Waals surface area contributed by atoms with Gasteiger partial charge in [-0.1, -0.05) is 36.4 Å². The molecule has 0 unspecified atom stereocenters. The molecule has 0 saturated carbocycles. The van der Waals surface area contributed by atoms with Gasteiger partial charge in [0.15, 0.2) is 0 Å². The second-order valence-electron chi connectivity index (χ2n) is 4.93. The van der Waals surface area contributed by atoms with Crippen molar-refractivity contribution in [3.63, 3.8) is 0 Å². The van der Waals surface area contributed by atoms with E-state index in [9.17, 15) is 4.79 Å². The maximum atomic E-state index is 11.6. The number of carbonyl (C=O) groups is 1. The predicted molar refractivity (Wildman–Crippen MR) is 91.7 cm³/mol. The predicted octanol–water partition coefficient (Wildman–Crippen LogP) is 3.76. The monoisotopic (exact) mass is 315 g/mol. The van der Waals surface area contributed by atoms with E-state index in [0.717, 1.165) is 17.1 Å². The molecule has 116 valence electrons. The molecule has 0 aliphatic carbocycles. The van der Waals surface area contributed by atoms with E-state index in [1.165, 1.54) is 11.1 Å². The van der Waals surface area contributed by atoms with Crippen molar-refractivity contribution < 1.29 is 9.53 Å². The van der Waals surface area contributed by atoms with Gasteiger partial charge in [-0.2, -0.15) is 11.8 Å². The minimum Gasteiger partial charge on any atom is -0.462 e. The quantitative estimate of drug-likeness (QED) is 0.791. The molecule has 2 N–H and O–H groups in total. The van der Waals surface area contributed by atoms with Gasteiger partial charge in [-0.3, -0.25) is 0 Å². The lowest BCUT2D eigenvalue weighted by Gasteiger charge is -2.06. The molecule has 0 aliphatic rings. The molecule has 22 heavy (non-hydrogen) atoms. The van der Waals surface area contributed by atoms with Crippen molar-refractivity contribution >= 4 is 17.7 Å². The van der Waals surface area contributed by atoms with E-state index in [0.29, 0.717) is 18.7 Å². The first-order valence-electron chi connectivity index (χ1n) is 7.34. The summed E-state index contributed by atoms with van der Waals surface area (Å²) in [6, 6.07) is 16.0. The molecule has 0 aromatic heterocycles. The molecule has 0 heterocycles. The highest BCUT2D eigenvalue weighted by Crippen LogP contribution is 2.19. The third-order valence-electron chi connectivity index (χ3n) is 3.23. The van der Waals surface area contributed by atoms with Gasteiger partial charge in [-0.25, -0.2) is 4.79 Å². The van der Waals surface area contributed by atoms with Gasteiger partial charge < -0.3 is 10.5 Å². The fraction of sp³-hybridized carbons (Fsp3) is 0.278. The Labute approximate surface area is 135 Å². The molecular weight excluding hydrogens is 294 g/mol. The number of carbonyl (C=O) groups excluding carboxylic acids is 1. The zero-order valence-electron chi connectivity index (χ0n) is 12.7. The number of esters is 1. The van der Waals surface area contributed by atoms with E-state index < -0.39 is 0 Å². The Morgan fingerprint density at radius 3 is 2.41 bits per heavy atom. The smallest absolute Gasteiger partial charge is 0.338 e. The van der Waals surface area contributed by atoms with Gasteiger partial charge in [-0.05, 0) is 35.7 Å². The molecule has 0 radical (unpaired) electrons. The Hall–Kier alpha value is -1.78. The van der Waals surface area contributed by atoms with E-state index in [1.807, 2.05) is 55.1 Å². The van der Waals surface area contributed by atoms with Crippen LogP contribution >= 0.6 is 11.8 Å². The summed E-state index contributed by atoms with van der Waals surface area (Å²) in [4.78, 5) is 11.6. The Morgan fingerprint density at radius 1 is 1.05 bits per heavy atom. The molecule has 0 aliphatic heterocycles. The number of benzene rings is 2. The zero-order chi connectivity index (χ0) is 15.8. The normalized spacial score (nSPS) is 10.5. The molecule has 2 aromatic rings. The Kier molecular flexibility index (Phi) is 6.49. The van der Waals surface area contributed by atoms with Gasteiger partial charge in [0.25, 0.3) is 0 Å². The Balaban J connectivity index is 1.85. The van der Waals surface area contributed by atoms with E-state index in [2.05, 4.69) is 12.1 Å². The van der Waals surface area contributed by atoms with E-state index in [-0.39, 0.29) is 5.97 Å². The fourth-order valence-corrected chi connectivity index (χ4v) is 3.03. The van der Waals surface area contributed by atoms with Crippen LogP contribution in [0.2, 0.25) is 0 Å². The summed E-state index contributed by atoms with van der Waals surface area (Å²) in [7, 11) is 0. The van der Waals surface area contributed by atoms with E-state index >= 15 is 0 Å². The Bertz CT molecular complexity index is 611. The molecule has 0 saturated heterocycles. The van der Waals surface area contributed by atoms with Gasteiger partial charge >= 0.3 is 5.97 Å². The summed E-state index contributed by atoms with van der Waals surface area (Å²) in [6.45, 7) is 2.79. The minimum absolute atomic E-state index is 0.264. The number of ether oxygens (including phenoxy) is 1. The average molecular weight is 315 g/mol. The van der Waals surface area contributed by atoms with Crippen molar-refractivity contribution in [2.45, 2.75) is 25.0 Å². The van der Waals surface area contributed by atoms with Crippen molar-refractivity contribution in [2.75, 3.05) is 6.61 Å². The molecule has 0 bridgehead atoms. The van der Waals surface area contributed by atoms with Crippen molar-refractivity contribution in [1.82, 2.24) is 0 Å². The first kappa shape index (κ1) is 16.6. The van der Waals surface area contributed by atoms with Crippen molar-refractivity contribution in [1.29, 1.82) is 0 Å². The van der Waals surface area contributed by atoms with Crippen LogP contribution in [0.15, 0.2) is 48.5 Å². The fourth-order valence-electron chi connectivity index (χ4n) is 2.08.